The summed E-state index contributed by atoms with van der Waals surface area (Å²) in [6.45, 7) is 9.48. The lowest BCUT2D eigenvalue weighted by Crippen LogP contribution is -2.17. The molecule has 10 aromatic rings. The molecule has 3 heteroatoms. The topological polar surface area (TPSA) is 7.65 Å². The molecule has 0 saturated heterocycles. The number of aromatic nitrogens is 1. The first-order valence-corrected chi connectivity index (χ1v) is 20.2. The van der Waals surface area contributed by atoms with Crippen LogP contribution in [0.1, 0.15) is 49.9 Å². The fourth-order valence-electron chi connectivity index (χ4n) is 10.3. The van der Waals surface area contributed by atoms with Crippen LogP contribution >= 0.6 is 11.3 Å². The first-order chi connectivity index (χ1) is 26.8. The normalized spacial score (nSPS) is 14.8. The van der Waals surface area contributed by atoms with Crippen LogP contribution < -0.4 is 4.90 Å². The third-order valence-electron chi connectivity index (χ3n) is 13.0. The number of hydrogen-bond acceptors (Lipinski definition) is 2. The minimum Gasteiger partial charge on any atom is -0.310 e. The van der Waals surface area contributed by atoms with Crippen LogP contribution in [0.15, 0.2) is 158 Å². The molecule has 3 heterocycles. The molecule has 2 aliphatic carbocycles. The standard InChI is InChI=1S/C52H38N2S/c1-51(2)42-19-9-6-15-39(42)48-43(51)20-12-22-46(48)53(33-27-28-35-34-13-5-8-18-41(34)52(3,4)44(35)29-33)32-25-23-31(24-26-32)47-30-40-38-17-11-16-37-36-14-7-10-21-45(36)54(49(37)38)50(40)55-47/h5-30H,1-4H3. The fourth-order valence-corrected chi connectivity index (χ4v) is 11.5. The first kappa shape index (κ1) is 31.2. The largest absolute Gasteiger partial charge is 0.310 e. The van der Waals surface area contributed by atoms with Gasteiger partial charge in [-0.3, -0.25) is 4.40 Å². The van der Waals surface area contributed by atoms with Gasteiger partial charge in [0.2, 0.25) is 0 Å². The molecule has 0 bridgehead atoms. The molecule has 2 nitrogen and oxygen atoms in total. The molecule has 0 amide bonds. The molecular weight excluding hydrogens is 685 g/mol. The molecule has 0 radical (unpaired) electrons. The summed E-state index contributed by atoms with van der Waals surface area (Å²) < 4.78 is 2.49. The van der Waals surface area contributed by atoms with Crippen LogP contribution in [0, 0.1) is 0 Å². The van der Waals surface area contributed by atoms with E-state index >= 15 is 0 Å². The van der Waals surface area contributed by atoms with Gasteiger partial charge in [-0.15, -0.1) is 11.3 Å². The maximum Gasteiger partial charge on any atom is 0.109 e. The van der Waals surface area contributed by atoms with Crippen LogP contribution in [0.5, 0.6) is 0 Å². The zero-order valence-electron chi connectivity index (χ0n) is 31.3. The highest BCUT2D eigenvalue weighted by molar-refractivity contribution is 7.22. The zero-order valence-corrected chi connectivity index (χ0v) is 32.1. The minimum absolute atomic E-state index is 0.0894. The molecule has 7 aromatic carbocycles. The molecule has 262 valence electrons. The Balaban J connectivity index is 1.04. The number of hydrogen-bond donors (Lipinski definition) is 0. The van der Waals surface area contributed by atoms with Crippen molar-refractivity contribution in [2.24, 2.45) is 0 Å². The third-order valence-corrected chi connectivity index (χ3v) is 14.1. The molecule has 0 N–H and O–H groups in total. The van der Waals surface area contributed by atoms with E-state index in [-0.39, 0.29) is 10.8 Å². The number of nitrogens with zero attached hydrogens (tertiary/aromatic N) is 2. The molecule has 2 aliphatic rings. The van der Waals surface area contributed by atoms with Crippen LogP contribution in [-0.4, -0.2) is 4.40 Å². The maximum absolute atomic E-state index is 2.51. The Hall–Kier alpha value is -6.16. The SMILES string of the molecule is CC1(C)c2ccccc2-c2ccc(N(c3ccc(-c4cc5c6cccc7c8ccccc8n(c5s4)c76)cc3)c3cccc4c3-c3ccccc3C4(C)C)cc21. The molecule has 0 atom stereocenters. The average Bonchev–Trinajstić information content (AvgIpc) is 3.98. The predicted molar refractivity (Wildman–Crippen MR) is 234 cm³/mol. The van der Waals surface area contributed by atoms with Crippen LogP contribution in [-0.2, 0) is 10.8 Å². The number of rotatable bonds is 4. The quantitative estimate of drug-likeness (QED) is 0.175. The van der Waals surface area contributed by atoms with Gasteiger partial charge in [0, 0.05) is 54.2 Å². The second-order valence-electron chi connectivity index (χ2n) is 16.5. The average molecular weight is 723 g/mol. The summed E-state index contributed by atoms with van der Waals surface area (Å²) in [4.78, 5) is 5.11. The summed E-state index contributed by atoms with van der Waals surface area (Å²) in [5.41, 5.74) is 18.1. The Kier molecular flexibility index (Phi) is 6.10. The number of anilines is 3. The van der Waals surface area contributed by atoms with E-state index < -0.39 is 0 Å². The summed E-state index contributed by atoms with van der Waals surface area (Å²) in [5, 5.41) is 5.32. The zero-order chi connectivity index (χ0) is 36.8. The van der Waals surface area contributed by atoms with Crippen molar-refractivity contribution in [1.82, 2.24) is 4.40 Å². The van der Waals surface area contributed by atoms with E-state index in [4.69, 9.17) is 0 Å². The Morgan fingerprint density at radius 3 is 1.89 bits per heavy atom. The molecular formula is C52H38N2S. The lowest BCUT2D eigenvalue weighted by atomic mass is 9.82. The van der Waals surface area contributed by atoms with E-state index in [9.17, 15) is 0 Å². The van der Waals surface area contributed by atoms with Crippen LogP contribution in [0.4, 0.5) is 17.1 Å². The molecule has 3 aromatic heterocycles. The van der Waals surface area contributed by atoms with Crippen molar-refractivity contribution < 1.29 is 0 Å². The van der Waals surface area contributed by atoms with Crippen LogP contribution in [0.2, 0.25) is 0 Å². The molecule has 0 spiro atoms. The number of fused-ring (bicyclic) bond motifs is 12. The Bertz CT molecular complexity index is 3210. The fraction of sp³-hybridized carbons (Fsp3) is 0.115. The van der Waals surface area contributed by atoms with Gasteiger partial charge in [-0.2, -0.15) is 0 Å². The number of thiophene rings is 1. The summed E-state index contributed by atoms with van der Waals surface area (Å²) >= 11 is 1.90. The predicted octanol–water partition coefficient (Wildman–Crippen LogP) is 14.6. The molecule has 55 heavy (non-hydrogen) atoms. The van der Waals surface area contributed by atoms with E-state index in [2.05, 4.69) is 195 Å². The van der Waals surface area contributed by atoms with E-state index in [1.165, 1.54) is 104 Å². The van der Waals surface area contributed by atoms with Crippen molar-refractivity contribution >= 4 is 65.8 Å². The van der Waals surface area contributed by atoms with E-state index in [1.54, 1.807) is 0 Å². The Labute approximate surface area is 324 Å². The maximum atomic E-state index is 2.51. The summed E-state index contributed by atoms with van der Waals surface area (Å²) in [7, 11) is 0. The molecule has 0 aliphatic heterocycles. The number of benzene rings is 7. The molecule has 0 fully saturated rings. The van der Waals surface area contributed by atoms with E-state index in [1.807, 2.05) is 11.3 Å². The lowest BCUT2D eigenvalue weighted by molar-refractivity contribution is 0.660. The summed E-state index contributed by atoms with van der Waals surface area (Å²) in [5.74, 6) is 0. The van der Waals surface area contributed by atoms with E-state index in [0.717, 1.165) is 5.69 Å². The highest BCUT2D eigenvalue weighted by Crippen LogP contribution is 2.56. The summed E-state index contributed by atoms with van der Waals surface area (Å²) in [6.07, 6.45) is 0. The van der Waals surface area contributed by atoms with Gasteiger partial charge in [0.1, 0.15) is 4.83 Å². The van der Waals surface area contributed by atoms with Gasteiger partial charge in [-0.05, 0) is 87.0 Å². The Morgan fingerprint density at radius 1 is 0.473 bits per heavy atom. The third kappa shape index (κ3) is 4.04. The second-order valence-corrected chi connectivity index (χ2v) is 17.6. The first-order valence-electron chi connectivity index (χ1n) is 19.4. The van der Waals surface area contributed by atoms with Crippen molar-refractivity contribution in [1.29, 1.82) is 0 Å². The van der Waals surface area contributed by atoms with Gasteiger partial charge in [0.05, 0.1) is 16.7 Å². The lowest BCUT2D eigenvalue weighted by Gasteiger charge is -2.30. The second kappa shape index (κ2) is 10.7. The van der Waals surface area contributed by atoms with Crippen molar-refractivity contribution in [3.05, 3.63) is 180 Å². The van der Waals surface area contributed by atoms with Gasteiger partial charge < -0.3 is 4.90 Å². The molecule has 0 unspecified atom stereocenters. The Morgan fingerprint density at radius 2 is 1.07 bits per heavy atom. The van der Waals surface area contributed by atoms with Crippen LogP contribution in [0.3, 0.4) is 0 Å². The minimum atomic E-state index is -0.0977. The van der Waals surface area contributed by atoms with Crippen LogP contribution in [0.25, 0.3) is 70.1 Å². The number of para-hydroxylation sites is 2. The molecule has 0 saturated carbocycles. The molecule has 12 rings (SSSR count). The highest BCUT2D eigenvalue weighted by atomic mass is 32.1. The van der Waals surface area contributed by atoms with Crippen molar-refractivity contribution in [3.63, 3.8) is 0 Å². The van der Waals surface area contributed by atoms with Gasteiger partial charge in [0.25, 0.3) is 0 Å². The van der Waals surface area contributed by atoms with Crippen molar-refractivity contribution in [2.75, 3.05) is 4.90 Å². The van der Waals surface area contributed by atoms with Gasteiger partial charge in [-0.25, -0.2) is 0 Å². The van der Waals surface area contributed by atoms with Gasteiger partial charge in [0.15, 0.2) is 0 Å². The smallest absolute Gasteiger partial charge is 0.109 e. The summed E-state index contributed by atoms with van der Waals surface area (Å²) in [6, 6.07) is 59.3. The monoisotopic (exact) mass is 722 g/mol. The van der Waals surface area contributed by atoms with Gasteiger partial charge >= 0.3 is 0 Å². The van der Waals surface area contributed by atoms with Crippen molar-refractivity contribution in [3.8, 4) is 32.7 Å². The van der Waals surface area contributed by atoms with Crippen molar-refractivity contribution in [2.45, 2.75) is 38.5 Å². The highest BCUT2D eigenvalue weighted by Gasteiger charge is 2.39. The van der Waals surface area contributed by atoms with Gasteiger partial charge in [-0.1, -0.05) is 143 Å². The van der Waals surface area contributed by atoms with E-state index in [0.29, 0.717) is 0 Å².